The van der Waals surface area contributed by atoms with Gasteiger partial charge in [-0.2, -0.15) is 0 Å². The molecule has 0 radical (unpaired) electrons. The first-order valence-corrected chi connectivity index (χ1v) is 9.63. The molecule has 0 N–H and O–H groups in total. The molecule has 1 heterocycles. The topological polar surface area (TPSA) is 108 Å². The molecule has 1 aliphatic heterocycles. The molecule has 4 rings (SSSR count). The number of aliphatic imine (C=N–C) groups is 1. The maximum atomic E-state index is 12.5. The molecule has 0 aliphatic carbocycles. The fourth-order valence-corrected chi connectivity index (χ4v) is 3.09. The number of halogens is 1. The Labute approximate surface area is 186 Å². The highest BCUT2D eigenvalue weighted by Crippen LogP contribution is 2.27. The van der Waals surface area contributed by atoms with Crippen LogP contribution in [0.1, 0.15) is 21.5 Å². The van der Waals surface area contributed by atoms with Crippen LogP contribution in [0, 0.1) is 10.1 Å². The van der Waals surface area contributed by atoms with E-state index < -0.39 is 16.9 Å². The number of non-ortho nitro benzene ring substituents is 1. The molecular formula is C23H13ClN2O6. The molecule has 0 saturated heterocycles. The lowest BCUT2D eigenvalue weighted by atomic mass is 10.1. The van der Waals surface area contributed by atoms with Crippen molar-refractivity contribution in [2.24, 2.45) is 4.99 Å². The largest absolute Gasteiger partial charge is 0.422 e. The third-order valence-corrected chi connectivity index (χ3v) is 4.78. The van der Waals surface area contributed by atoms with Crippen molar-refractivity contribution in [2.45, 2.75) is 0 Å². The number of para-hydroxylation sites is 1. The van der Waals surface area contributed by atoms with E-state index in [-0.39, 0.29) is 28.6 Å². The Morgan fingerprint density at radius 1 is 1.03 bits per heavy atom. The summed E-state index contributed by atoms with van der Waals surface area (Å²) in [5.41, 5.74) is 0.900. The molecule has 0 amide bonds. The summed E-state index contributed by atoms with van der Waals surface area (Å²) in [6, 6.07) is 18.4. The second-order valence-corrected chi connectivity index (χ2v) is 6.95. The minimum Gasteiger partial charge on any atom is -0.422 e. The van der Waals surface area contributed by atoms with Gasteiger partial charge in [-0.3, -0.25) is 10.1 Å². The molecule has 1 aliphatic rings. The van der Waals surface area contributed by atoms with E-state index in [1.807, 2.05) is 0 Å². The predicted molar refractivity (Wildman–Crippen MR) is 117 cm³/mol. The predicted octanol–water partition coefficient (Wildman–Crippen LogP) is 4.81. The SMILES string of the molecule is O=C1OC(c2ccccc2Cl)=NC1=Cc1ccccc1OC(=O)c1ccc([N+](=O)[O-])cc1. The first kappa shape index (κ1) is 21.0. The standard InChI is InChI=1S/C23H13ClN2O6/c24-18-7-3-2-6-17(18)21-25-19(23(28)32-21)13-15-5-1-4-8-20(15)31-22(27)14-9-11-16(12-10-14)26(29)30/h1-13H. The third-order valence-electron chi connectivity index (χ3n) is 4.45. The zero-order valence-corrected chi connectivity index (χ0v) is 17.0. The lowest BCUT2D eigenvalue weighted by Crippen LogP contribution is -2.09. The van der Waals surface area contributed by atoms with E-state index in [1.165, 1.54) is 30.3 Å². The van der Waals surface area contributed by atoms with Gasteiger partial charge in [-0.15, -0.1) is 0 Å². The Balaban J connectivity index is 1.60. The zero-order valence-electron chi connectivity index (χ0n) is 16.2. The van der Waals surface area contributed by atoms with Gasteiger partial charge in [0.2, 0.25) is 5.90 Å². The monoisotopic (exact) mass is 448 g/mol. The van der Waals surface area contributed by atoms with Gasteiger partial charge >= 0.3 is 11.9 Å². The van der Waals surface area contributed by atoms with Crippen LogP contribution in [0.15, 0.2) is 83.5 Å². The summed E-state index contributed by atoms with van der Waals surface area (Å²) in [4.78, 5) is 39.2. The van der Waals surface area contributed by atoms with Gasteiger partial charge in [0.15, 0.2) is 5.70 Å². The molecule has 0 fully saturated rings. The molecule has 0 spiro atoms. The van der Waals surface area contributed by atoms with E-state index in [0.717, 1.165) is 0 Å². The summed E-state index contributed by atoms with van der Waals surface area (Å²) in [5, 5.41) is 11.2. The van der Waals surface area contributed by atoms with Crippen molar-refractivity contribution in [3.63, 3.8) is 0 Å². The van der Waals surface area contributed by atoms with E-state index in [9.17, 15) is 19.7 Å². The van der Waals surface area contributed by atoms with Gasteiger partial charge in [0.05, 0.1) is 21.1 Å². The normalized spacial score (nSPS) is 14.1. The maximum absolute atomic E-state index is 12.5. The minimum absolute atomic E-state index is 0.0127. The van der Waals surface area contributed by atoms with Gasteiger partial charge in [-0.1, -0.05) is 41.9 Å². The molecule has 9 heteroatoms. The number of hydrogen-bond donors (Lipinski definition) is 0. The second-order valence-electron chi connectivity index (χ2n) is 6.55. The summed E-state index contributed by atoms with van der Waals surface area (Å²) < 4.78 is 10.7. The van der Waals surface area contributed by atoms with E-state index in [2.05, 4.69) is 4.99 Å². The molecule has 0 saturated carbocycles. The number of nitrogens with zero attached hydrogens (tertiary/aromatic N) is 2. The molecule has 0 atom stereocenters. The molecule has 0 aromatic heterocycles. The number of carbonyl (C=O) groups is 2. The first-order valence-electron chi connectivity index (χ1n) is 9.25. The molecule has 3 aromatic rings. The second kappa shape index (κ2) is 8.83. The summed E-state index contributed by atoms with van der Waals surface area (Å²) in [5.74, 6) is -1.12. The Kier molecular flexibility index (Phi) is 5.78. The van der Waals surface area contributed by atoms with E-state index in [1.54, 1.807) is 48.5 Å². The van der Waals surface area contributed by atoms with Crippen molar-refractivity contribution in [3.05, 3.63) is 110 Å². The zero-order chi connectivity index (χ0) is 22.7. The summed E-state index contributed by atoms with van der Waals surface area (Å²) >= 11 is 6.14. The van der Waals surface area contributed by atoms with Crippen LogP contribution in [0.5, 0.6) is 5.75 Å². The Hall–Kier alpha value is -4.30. The van der Waals surface area contributed by atoms with Crippen LogP contribution in [0.3, 0.4) is 0 Å². The molecular weight excluding hydrogens is 436 g/mol. The van der Waals surface area contributed by atoms with Crippen molar-refractivity contribution in [1.29, 1.82) is 0 Å². The van der Waals surface area contributed by atoms with Crippen molar-refractivity contribution in [2.75, 3.05) is 0 Å². The van der Waals surface area contributed by atoms with Gasteiger partial charge in [0.25, 0.3) is 5.69 Å². The maximum Gasteiger partial charge on any atom is 0.363 e. The average molecular weight is 449 g/mol. The number of esters is 2. The van der Waals surface area contributed by atoms with Crippen LogP contribution >= 0.6 is 11.6 Å². The minimum atomic E-state index is -0.708. The number of rotatable bonds is 5. The van der Waals surface area contributed by atoms with Crippen LogP contribution in [0.4, 0.5) is 5.69 Å². The van der Waals surface area contributed by atoms with E-state index in [0.29, 0.717) is 16.1 Å². The van der Waals surface area contributed by atoms with Gasteiger partial charge in [0, 0.05) is 17.7 Å². The lowest BCUT2D eigenvalue weighted by Gasteiger charge is -2.07. The smallest absolute Gasteiger partial charge is 0.363 e. The van der Waals surface area contributed by atoms with Crippen molar-refractivity contribution in [1.82, 2.24) is 0 Å². The highest BCUT2D eigenvalue weighted by molar-refractivity contribution is 6.34. The lowest BCUT2D eigenvalue weighted by molar-refractivity contribution is -0.384. The summed E-state index contributed by atoms with van der Waals surface area (Å²) in [6.07, 6.45) is 1.44. The van der Waals surface area contributed by atoms with Crippen molar-refractivity contribution in [3.8, 4) is 5.75 Å². The molecule has 3 aromatic carbocycles. The fraction of sp³-hybridized carbons (Fsp3) is 0. The molecule has 0 unspecified atom stereocenters. The third kappa shape index (κ3) is 4.40. The summed E-state index contributed by atoms with van der Waals surface area (Å²) in [7, 11) is 0. The highest BCUT2D eigenvalue weighted by Gasteiger charge is 2.26. The molecule has 32 heavy (non-hydrogen) atoms. The fourth-order valence-electron chi connectivity index (χ4n) is 2.88. The van der Waals surface area contributed by atoms with Crippen LogP contribution in [0.2, 0.25) is 5.02 Å². The number of benzene rings is 3. The quantitative estimate of drug-likeness (QED) is 0.182. The van der Waals surface area contributed by atoms with Crippen LogP contribution in [0.25, 0.3) is 6.08 Å². The van der Waals surface area contributed by atoms with E-state index >= 15 is 0 Å². The molecule has 158 valence electrons. The van der Waals surface area contributed by atoms with Crippen LogP contribution in [-0.4, -0.2) is 22.8 Å². The average Bonchev–Trinajstić information content (AvgIpc) is 3.15. The number of cyclic esters (lactones) is 1. The van der Waals surface area contributed by atoms with Crippen LogP contribution < -0.4 is 4.74 Å². The molecule has 0 bridgehead atoms. The number of hydrogen-bond acceptors (Lipinski definition) is 7. The van der Waals surface area contributed by atoms with Crippen molar-refractivity contribution >= 4 is 41.2 Å². The van der Waals surface area contributed by atoms with Crippen LogP contribution in [-0.2, 0) is 9.53 Å². The Morgan fingerprint density at radius 2 is 1.72 bits per heavy atom. The van der Waals surface area contributed by atoms with E-state index in [4.69, 9.17) is 21.1 Å². The number of nitro groups is 1. The first-order chi connectivity index (χ1) is 15.4. The highest BCUT2D eigenvalue weighted by atomic mass is 35.5. The van der Waals surface area contributed by atoms with Gasteiger partial charge in [0.1, 0.15) is 5.75 Å². The van der Waals surface area contributed by atoms with Crippen molar-refractivity contribution < 1.29 is 24.0 Å². The van der Waals surface area contributed by atoms with Gasteiger partial charge in [-0.25, -0.2) is 14.6 Å². The molecule has 8 nitrogen and oxygen atoms in total. The number of ether oxygens (including phenoxy) is 2. The summed E-state index contributed by atoms with van der Waals surface area (Å²) in [6.45, 7) is 0. The Morgan fingerprint density at radius 3 is 2.44 bits per heavy atom. The number of carbonyl (C=O) groups excluding carboxylic acids is 2. The number of nitro benzene ring substituents is 1. The Bertz CT molecular complexity index is 1300. The van der Waals surface area contributed by atoms with Gasteiger partial charge in [-0.05, 0) is 36.4 Å². The van der Waals surface area contributed by atoms with Gasteiger partial charge < -0.3 is 9.47 Å².